The third-order valence-electron chi connectivity index (χ3n) is 8.01. The molecule has 0 bridgehead atoms. The first-order valence-corrected chi connectivity index (χ1v) is 13.4. The summed E-state index contributed by atoms with van der Waals surface area (Å²) in [4.78, 5) is 24.1. The predicted molar refractivity (Wildman–Crippen MR) is 142 cm³/mol. The lowest BCUT2D eigenvalue weighted by Crippen LogP contribution is -2.42. The topological polar surface area (TPSA) is 102 Å². The Bertz CT molecular complexity index is 1380. The summed E-state index contributed by atoms with van der Waals surface area (Å²) < 4.78 is 28.1. The van der Waals surface area contributed by atoms with Crippen LogP contribution in [0.25, 0.3) is 22.2 Å². The number of aliphatic hydroxyl groups is 1. The van der Waals surface area contributed by atoms with Gasteiger partial charge in [0.15, 0.2) is 11.2 Å². The number of nitrogens with zero attached hydrogens (tertiary/aromatic N) is 4. The normalized spacial score (nSPS) is 25.8. The highest BCUT2D eigenvalue weighted by atomic mass is 19.1. The summed E-state index contributed by atoms with van der Waals surface area (Å²) in [7, 11) is 0. The summed E-state index contributed by atoms with van der Waals surface area (Å²) >= 11 is 0. The SMILES string of the molecule is CC(C)n1c(CN2C[C@H]3COC[C@H]3C2)cc(=O)c2ccc(-c3nc(N[C@@H]4CCOC[C@H]4O)ncc3F)cc21. The van der Waals surface area contributed by atoms with Gasteiger partial charge >= 0.3 is 0 Å². The molecule has 38 heavy (non-hydrogen) atoms. The fourth-order valence-corrected chi connectivity index (χ4v) is 6.11. The molecule has 202 valence electrons. The summed E-state index contributed by atoms with van der Waals surface area (Å²) in [6.45, 7) is 9.20. The van der Waals surface area contributed by atoms with E-state index in [2.05, 4.69) is 38.6 Å². The third-order valence-corrected chi connectivity index (χ3v) is 8.01. The van der Waals surface area contributed by atoms with Crippen molar-refractivity contribution < 1.29 is 19.0 Å². The van der Waals surface area contributed by atoms with Crippen molar-refractivity contribution >= 4 is 16.9 Å². The number of anilines is 1. The quantitative estimate of drug-likeness (QED) is 0.509. The molecule has 0 spiro atoms. The van der Waals surface area contributed by atoms with Crippen LogP contribution in [-0.2, 0) is 16.0 Å². The number of ether oxygens (including phenoxy) is 2. The molecule has 3 aliphatic rings. The fourth-order valence-electron chi connectivity index (χ4n) is 6.11. The van der Waals surface area contributed by atoms with Crippen LogP contribution in [0.2, 0.25) is 0 Å². The minimum absolute atomic E-state index is 0.0415. The molecule has 3 saturated heterocycles. The van der Waals surface area contributed by atoms with Crippen molar-refractivity contribution in [1.29, 1.82) is 0 Å². The first kappa shape index (κ1) is 25.4. The van der Waals surface area contributed by atoms with E-state index in [-0.39, 0.29) is 35.8 Å². The maximum absolute atomic E-state index is 15.0. The number of pyridine rings is 1. The highest BCUT2D eigenvalue weighted by Crippen LogP contribution is 2.32. The Morgan fingerprint density at radius 1 is 1.16 bits per heavy atom. The number of halogens is 1. The van der Waals surface area contributed by atoms with Gasteiger partial charge in [-0.1, -0.05) is 6.07 Å². The molecular formula is C28H34FN5O4. The zero-order valence-corrected chi connectivity index (χ0v) is 21.8. The molecule has 5 heterocycles. The average Bonchev–Trinajstić information content (AvgIpc) is 3.48. The number of benzene rings is 1. The van der Waals surface area contributed by atoms with Gasteiger partial charge in [0.1, 0.15) is 5.69 Å². The Morgan fingerprint density at radius 2 is 1.95 bits per heavy atom. The summed E-state index contributed by atoms with van der Waals surface area (Å²) in [5.41, 5.74) is 2.38. The van der Waals surface area contributed by atoms with Crippen LogP contribution in [0.5, 0.6) is 0 Å². The van der Waals surface area contributed by atoms with Crippen LogP contribution in [0.15, 0.2) is 35.3 Å². The van der Waals surface area contributed by atoms with E-state index < -0.39 is 11.9 Å². The zero-order chi connectivity index (χ0) is 26.4. The van der Waals surface area contributed by atoms with Gasteiger partial charge in [-0.25, -0.2) is 14.4 Å². The minimum atomic E-state index is -0.692. The van der Waals surface area contributed by atoms with Crippen LogP contribution in [0.1, 0.15) is 32.0 Å². The van der Waals surface area contributed by atoms with Crippen LogP contribution >= 0.6 is 0 Å². The van der Waals surface area contributed by atoms with Gasteiger partial charge in [-0.2, -0.15) is 0 Å². The molecule has 0 amide bonds. The first-order chi connectivity index (χ1) is 18.4. The molecule has 6 rings (SSSR count). The highest BCUT2D eigenvalue weighted by Gasteiger charge is 2.37. The van der Waals surface area contributed by atoms with Crippen molar-refractivity contribution in [3.8, 4) is 11.3 Å². The second kappa shape index (κ2) is 10.3. The Hall–Kier alpha value is -2.92. The molecule has 10 heteroatoms. The second-order valence-corrected chi connectivity index (χ2v) is 11.0. The van der Waals surface area contributed by atoms with Gasteiger partial charge in [0.05, 0.1) is 43.7 Å². The van der Waals surface area contributed by atoms with Gasteiger partial charge in [-0.15, -0.1) is 0 Å². The summed E-state index contributed by atoms with van der Waals surface area (Å²) in [6.07, 6.45) is 1.05. The van der Waals surface area contributed by atoms with Crippen molar-refractivity contribution in [3.05, 3.63) is 52.2 Å². The molecule has 9 nitrogen and oxygen atoms in total. The number of aliphatic hydroxyl groups excluding tert-OH is 1. The Kier molecular flexibility index (Phi) is 6.90. The molecule has 0 radical (unpaired) electrons. The minimum Gasteiger partial charge on any atom is -0.389 e. The van der Waals surface area contributed by atoms with Crippen molar-refractivity contribution in [1.82, 2.24) is 19.4 Å². The standard InChI is InChI=1S/C28H34FN5O4/c1-16(2)34-20(12-33-10-18-13-38-14-19(18)11-33)8-25(35)21-4-3-17(7-24(21)34)27-22(29)9-30-28(32-27)31-23-5-6-37-15-26(23)36/h3-4,7-9,16,18-19,23,26,36H,5-6,10-15H2,1-2H3,(H,30,31,32)/t18-,19+,23-,26-/m1/s1. The van der Waals surface area contributed by atoms with E-state index in [0.29, 0.717) is 42.4 Å². The average molecular weight is 524 g/mol. The summed E-state index contributed by atoms with van der Waals surface area (Å²) in [5, 5.41) is 13.9. The van der Waals surface area contributed by atoms with Gasteiger partial charge in [-0.3, -0.25) is 9.69 Å². The van der Waals surface area contributed by atoms with E-state index in [1.54, 1.807) is 18.2 Å². The number of rotatable bonds is 6. The van der Waals surface area contributed by atoms with E-state index in [1.165, 1.54) is 0 Å². The lowest BCUT2D eigenvalue weighted by atomic mass is 10.0. The lowest BCUT2D eigenvalue weighted by Gasteiger charge is -2.28. The van der Waals surface area contributed by atoms with Crippen LogP contribution in [0, 0.1) is 17.7 Å². The predicted octanol–water partition coefficient (Wildman–Crippen LogP) is 2.82. The fraction of sp³-hybridized carbons (Fsp3) is 0.536. The molecule has 2 N–H and O–H groups in total. The van der Waals surface area contributed by atoms with E-state index in [4.69, 9.17) is 9.47 Å². The van der Waals surface area contributed by atoms with Gasteiger partial charge in [-0.05, 0) is 32.4 Å². The van der Waals surface area contributed by atoms with Crippen molar-refractivity contribution in [2.24, 2.45) is 11.8 Å². The first-order valence-electron chi connectivity index (χ1n) is 13.4. The molecule has 2 aromatic heterocycles. The molecular weight excluding hydrogens is 489 g/mol. The van der Waals surface area contributed by atoms with Crippen molar-refractivity contribution in [2.75, 3.05) is 44.8 Å². The Balaban J connectivity index is 1.36. The second-order valence-electron chi connectivity index (χ2n) is 11.0. The molecule has 3 aliphatic heterocycles. The van der Waals surface area contributed by atoms with E-state index >= 15 is 4.39 Å². The molecule has 4 atom stereocenters. The number of likely N-dealkylation sites (tertiary alicyclic amines) is 1. The van der Waals surface area contributed by atoms with Gasteiger partial charge in [0.2, 0.25) is 5.95 Å². The van der Waals surface area contributed by atoms with Crippen LogP contribution in [0.4, 0.5) is 10.3 Å². The van der Waals surface area contributed by atoms with E-state index in [0.717, 1.165) is 43.7 Å². The number of hydrogen-bond donors (Lipinski definition) is 2. The van der Waals surface area contributed by atoms with E-state index in [1.807, 2.05) is 6.07 Å². The maximum atomic E-state index is 15.0. The zero-order valence-electron chi connectivity index (χ0n) is 21.8. The molecule has 0 saturated carbocycles. The van der Waals surface area contributed by atoms with Crippen molar-refractivity contribution in [3.63, 3.8) is 0 Å². The summed E-state index contributed by atoms with van der Waals surface area (Å²) in [6, 6.07) is 6.91. The van der Waals surface area contributed by atoms with Gasteiger partial charge in [0, 0.05) is 66.8 Å². The number of nitrogens with one attached hydrogen (secondary N) is 1. The maximum Gasteiger partial charge on any atom is 0.223 e. The molecule has 3 fully saturated rings. The lowest BCUT2D eigenvalue weighted by molar-refractivity contribution is -0.0136. The van der Waals surface area contributed by atoms with Crippen molar-refractivity contribution in [2.45, 2.75) is 45.0 Å². The molecule has 0 aliphatic carbocycles. The monoisotopic (exact) mass is 523 g/mol. The van der Waals surface area contributed by atoms with E-state index in [9.17, 15) is 9.90 Å². The van der Waals surface area contributed by atoms with Crippen LogP contribution in [-0.4, -0.2) is 76.2 Å². The molecule has 3 aromatic rings. The Morgan fingerprint density at radius 3 is 2.68 bits per heavy atom. The largest absolute Gasteiger partial charge is 0.389 e. The number of fused-ring (bicyclic) bond motifs is 2. The third kappa shape index (κ3) is 4.82. The van der Waals surface area contributed by atoms with Crippen LogP contribution < -0.4 is 10.7 Å². The highest BCUT2D eigenvalue weighted by molar-refractivity contribution is 5.84. The summed E-state index contributed by atoms with van der Waals surface area (Å²) in [5.74, 6) is 0.813. The smallest absolute Gasteiger partial charge is 0.223 e. The van der Waals surface area contributed by atoms with Gasteiger partial charge in [0.25, 0.3) is 0 Å². The number of hydrogen-bond acceptors (Lipinski definition) is 8. The Labute approximate surface area is 220 Å². The van der Waals surface area contributed by atoms with Gasteiger partial charge < -0.3 is 24.5 Å². The molecule has 1 aromatic carbocycles. The van der Waals surface area contributed by atoms with Crippen LogP contribution in [0.3, 0.4) is 0 Å². The molecule has 0 unspecified atom stereocenters. The number of aromatic nitrogens is 3.